The van der Waals surface area contributed by atoms with Crippen molar-refractivity contribution < 1.29 is 48.9 Å². The topological polar surface area (TPSA) is 162 Å². The third kappa shape index (κ3) is 6.75. The van der Waals surface area contributed by atoms with Crippen LogP contribution in [0.4, 0.5) is 4.79 Å². The van der Waals surface area contributed by atoms with Crippen molar-refractivity contribution in [3.05, 3.63) is 41.1 Å². The van der Waals surface area contributed by atoms with Gasteiger partial charge in [-0.05, 0) is 59.2 Å². The van der Waals surface area contributed by atoms with E-state index in [0.717, 1.165) is 17.0 Å². The molecule has 1 aliphatic rings. The molecule has 212 valence electrons. The smallest absolute Gasteiger partial charge is 0.491 e. The number of rotatable bonds is 10. The number of carbonyl (C=O) groups is 1. The van der Waals surface area contributed by atoms with E-state index in [-0.39, 0.29) is 24.6 Å². The molecule has 12 nitrogen and oxygen atoms in total. The summed E-state index contributed by atoms with van der Waals surface area (Å²) in [4.78, 5) is 11.6. The summed E-state index contributed by atoms with van der Waals surface area (Å²) in [6.45, 7) is 10.7. The first kappa shape index (κ1) is 29.7. The Morgan fingerprint density at radius 1 is 1.11 bits per heavy atom. The van der Waals surface area contributed by atoms with E-state index >= 15 is 0 Å². The van der Waals surface area contributed by atoms with Gasteiger partial charge in [0.1, 0.15) is 30.7 Å². The van der Waals surface area contributed by atoms with Gasteiger partial charge in [-0.3, -0.25) is 4.68 Å². The fraction of sp³-hybridized carbons (Fsp3) is 0.615. The van der Waals surface area contributed by atoms with Gasteiger partial charge in [0.25, 0.3) is 0 Å². The SMILES string of the molecule is CCOC(=O)OC[C@H]1O[C@](O)(Oc2nn(C(C)C)c(C)c2Cc2ccc(OC(C)C)cc2)[C@H](O)[C@@H](O)[C@@H]1O. The van der Waals surface area contributed by atoms with Gasteiger partial charge in [0, 0.05) is 23.7 Å². The van der Waals surface area contributed by atoms with Crippen molar-refractivity contribution in [3.8, 4) is 11.6 Å². The fourth-order valence-electron chi connectivity index (χ4n) is 4.12. The molecule has 0 spiro atoms. The lowest BCUT2D eigenvalue weighted by Gasteiger charge is -2.44. The highest BCUT2D eigenvalue weighted by Gasteiger charge is 2.56. The van der Waals surface area contributed by atoms with Crippen molar-refractivity contribution in [2.24, 2.45) is 0 Å². The normalized spacial score (nSPS) is 25.5. The number of carbonyl (C=O) groups excluding carboxylic acids is 1. The van der Waals surface area contributed by atoms with E-state index in [2.05, 4.69) is 9.84 Å². The molecular formula is C26H38N2O10. The lowest BCUT2D eigenvalue weighted by atomic mass is 9.97. The molecule has 3 rings (SSSR count). The summed E-state index contributed by atoms with van der Waals surface area (Å²) in [5.74, 6) is -2.12. The lowest BCUT2D eigenvalue weighted by Crippen LogP contribution is -2.67. The summed E-state index contributed by atoms with van der Waals surface area (Å²) in [6.07, 6.45) is -7.70. The van der Waals surface area contributed by atoms with Gasteiger partial charge in [-0.25, -0.2) is 4.79 Å². The highest BCUT2D eigenvalue weighted by atomic mass is 16.8. The molecule has 12 heteroatoms. The number of benzene rings is 1. The van der Waals surface area contributed by atoms with Crippen LogP contribution in [-0.2, 0) is 20.6 Å². The second kappa shape index (κ2) is 12.3. The maximum Gasteiger partial charge on any atom is 0.508 e. The van der Waals surface area contributed by atoms with Crippen molar-refractivity contribution in [1.29, 1.82) is 0 Å². The van der Waals surface area contributed by atoms with Crippen molar-refractivity contribution in [2.45, 2.75) is 90.5 Å². The van der Waals surface area contributed by atoms with Gasteiger partial charge < -0.3 is 44.1 Å². The summed E-state index contributed by atoms with van der Waals surface area (Å²) in [6, 6.07) is 7.45. The van der Waals surface area contributed by atoms with Crippen LogP contribution in [0.3, 0.4) is 0 Å². The quantitative estimate of drug-likeness (QED) is 0.258. The average molecular weight is 539 g/mol. The molecular weight excluding hydrogens is 500 g/mol. The number of aliphatic hydroxyl groups is 4. The van der Waals surface area contributed by atoms with Crippen LogP contribution in [-0.4, -0.2) is 86.1 Å². The highest BCUT2D eigenvalue weighted by molar-refractivity contribution is 5.59. The molecule has 38 heavy (non-hydrogen) atoms. The van der Waals surface area contributed by atoms with Gasteiger partial charge in [0.05, 0.1) is 12.7 Å². The van der Waals surface area contributed by atoms with E-state index < -0.39 is 43.2 Å². The van der Waals surface area contributed by atoms with Crippen molar-refractivity contribution in [1.82, 2.24) is 9.78 Å². The molecule has 1 aromatic heterocycles. The number of nitrogens with zero attached hydrogens (tertiary/aromatic N) is 2. The Kier molecular flexibility index (Phi) is 9.60. The first-order valence-electron chi connectivity index (χ1n) is 12.6. The zero-order valence-corrected chi connectivity index (χ0v) is 22.5. The minimum absolute atomic E-state index is 0.0334. The molecule has 0 aliphatic carbocycles. The second-order valence-electron chi connectivity index (χ2n) is 9.70. The third-order valence-corrected chi connectivity index (χ3v) is 6.02. The van der Waals surface area contributed by atoms with Crippen LogP contribution in [0, 0.1) is 6.92 Å². The van der Waals surface area contributed by atoms with E-state index in [1.165, 1.54) is 0 Å². The Morgan fingerprint density at radius 2 is 1.76 bits per heavy atom. The van der Waals surface area contributed by atoms with Crippen LogP contribution in [0.25, 0.3) is 0 Å². The second-order valence-corrected chi connectivity index (χ2v) is 9.70. The molecule has 2 heterocycles. The first-order chi connectivity index (χ1) is 17.9. The van der Waals surface area contributed by atoms with E-state index in [1.807, 2.05) is 58.9 Å². The Morgan fingerprint density at radius 3 is 2.34 bits per heavy atom. The Bertz CT molecular complexity index is 1070. The molecule has 1 aliphatic heterocycles. The van der Waals surface area contributed by atoms with E-state index in [9.17, 15) is 25.2 Å². The Balaban J connectivity index is 1.88. The van der Waals surface area contributed by atoms with Gasteiger partial charge >= 0.3 is 12.1 Å². The van der Waals surface area contributed by atoms with Gasteiger partial charge in [-0.15, -0.1) is 5.10 Å². The maximum atomic E-state index is 11.6. The molecule has 4 N–H and O–H groups in total. The molecule has 0 saturated carbocycles. The Hall–Kier alpha value is -2.90. The first-order valence-corrected chi connectivity index (χ1v) is 12.6. The van der Waals surface area contributed by atoms with Crippen LogP contribution >= 0.6 is 0 Å². The molecule has 1 aromatic carbocycles. The summed E-state index contributed by atoms with van der Waals surface area (Å²) in [5.41, 5.74) is 2.28. The molecule has 0 bridgehead atoms. The zero-order chi connectivity index (χ0) is 28.2. The largest absolute Gasteiger partial charge is 0.508 e. The summed E-state index contributed by atoms with van der Waals surface area (Å²) in [5, 5.41) is 47.0. The molecule has 5 atom stereocenters. The van der Waals surface area contributed by atoms with Gasteiger partial charge in [-0.2, -0.15) is 0 Å². The van der Waals surface area contributed by atoms with Gasteiger partial charge in [-0.1, -0.05) is 12.1 Å². The number of ether oxygens (including phenoxy) is 5. The van der Waals surface area contributed by atoms with Gasteiger partial charge in [0.15, 0.2) is 6.10 Å². The molecule has 1 fully saturated rings. The van der Waals surface area contributed by atoms with Crippen molar-refractivity contribution >= 4 is 6.16 Å². The minimum atomic E-state index is -2.81. The average Bonchev–Trinajstić information content (AvgIpc) is 3.15. The summed E-state index contributed by atoms with van der Waals surface area (Å²) >= 11 is 0. The predicted molar refractivity (Wildman–Crippen MR) is 134 cm³/mol. The molecule has 0 radical (unpaired) electrons. The van der Waals surface area contributed by atoms with Crippen LogP contribution in [0.5, 0.6) is 11.6 Å². The number of aromatic nitrogens is 2. The van der Waals surface area contributed by atoms with Gasteiger partial charge in [0.2, 0.25) is 5.88 Å². The standard InChI is InChI=1S/C26H38N2O10/c1-7-34-25(32)35-13-20-21(29)22(30)23(31)26(33,37-20)38-24-19(16(6)28(27-24)14(2)3)12-17-8-10-18(11-9-17)36-15(4)5/h8-11,14-15,20-23,29-31,33H,7,12-13H2,1-6H3/t20-,21-,22+,23-,26+/m1/s1. The van der Waals surface area contributed by atoms with E-state index in [0.29, 0.717) is 12.0 Å². The van der Waals surface area contributed by atoms with E-state index in [4.69, 9.17) is 18.9 Å². The number of aliphatic hydroxyl groups excluding tert-OH is 3. The third-order valence-electron chi connectivity index (χ3n) is 6.02. The number of hydrogen-bond acceptors (Lipinski definition) is 11. The highest BCUT2D eigenvalue weighted by Crippen LogP contribution is 2.35. The molecule has 0 unspecified atom stereocenters. The molecule has 0 amide bonds. The summed E-state index contributed by atoms with van der Waals surface area (Å²) in [7, 11) is 0. The van der Waals surface area contributed by atoms with Crippen molar-refractivity contribution in [2.75, 3.05) is 13.2 Å². The van der Waals surface area contributed by atoms with Crippen LogP contribution < -0.4 is 9.47 Å². The summed E-state index contributed by atoms with van der Waals surface area (Å²) < 4.78 is 28.1. The van der Waals surface area contributed by atoms with E-state index in [1.54, 1.807) is 11.6 Å². The number of hydrogen-bond donors (Lipinski definition) is 4. The van der Waals surface area contributed by atoms with Crippen LogP contribution in [0.15, 0.2) is 24.3 Å². The maximum absolute atomic E-state index is 11.6. The minimum Gasteiger partial charge on any atom is -0.491 e. The molecule has 2 aromatic rings. The Labute approximate surface area is 221 Å². The monoisotopic (exact) mass is 538 g/mol. The zero-order valence-electron chi connectivity index (χ0n) is 22.5. The van der Waals surface area contributed by atoms with Crippen LogP contribution in [0.2, 0.25) is 0 Å². The molecule has 1 saturated heterocycles. The lowest BCUT2D eigenvalue weighted by molar-refractivity contribution is -0.423. The van der Waals surface area contributed by atoms with Crippen molar-refractivity contribution in [3.63, 3.8) is 0 Å². The predicted octanol–water partition coefficient (Wildman–Crippen LogP) is 1.83. The fourth-order valence-corrected chi connectivity index (χ4v) is 4.12. The van der Waals surface area contributed by atoms with Crippen LogP contribution in [0.1, 0.15) is 57.5 Å².